The Hall–Kier alpha value is -1.34. The van der Waals surface area contributed by atoms with Crippen LogP contribution >= 0.6 is 0 Å². The van der Waals surface area contributed by atoms with Crippen LogP contribution in [-0.4, -0.2) is 31.0 Å². The number of primary sulfonamides is 1. The van der Waals surface area contributed by atoms with Gasteiger partial charge in [-0.25, -0.2) is 13.6 Å². The number of amides is 1. The normalized spacial score (nSPS) is 21.7. The average Bonchev–Trinajstić information content (AvgIpc) is 2.76. The predicted octanol–water partition coefficient (Wildman–Crippen LogP) is -0.331. The summed E-state index contributed by atoms with van der Waals surface area (Å²) in [5, 5.41) is 4.21. The molecule has 0 spiro atoms. The van der Waals surface area contributed by atoms with Gasteiger partial charge in [0.05, 0.1) is 12.8 Å². The molecule has 1 aromatic heterocycles. The number of carbonyl (C=O) groups is 1. The summed E-state index contributed by atoms with van der Waals surface area (Å²) in [6, 6.07) is 3.45. The molecule has 7 heteroatoms. The van der Waals surface area contributed by atoms with Crippen molar-refractivity contribution in [2.24, 2.45) is 5.14 Å². The number of nitrogens with zero attached hydrogens (tertiary/aromatic N) is 1. The van der Waals surface area contributed by atoms with Gasteiger partial charge in [0, 0.05) is 13.0 Å². The Kier molecular flexibility index (Phi) is 2.73. The molecule has 1 atom stereocenters. The summed E-state index contributed by atoms with van der Waals surface area (Å²) in [6.45, 7) is 0.427. The van der Waals surface area contributed by atoms with Gasteiger partial charge in [-0.15, -0.1) is 0 Å². The van der Waals surface area contributed by atoms with Crippen LogP contribution < -0.4 is 5.14 Å². The van der Waals surface area contributed by atoms with E-state index >= 15 is 0 Å². The second-order valence-corrected chi connectivity index (χ2v) is 5.61. The smallest absolute Gasteiger partial charge is 0.224 e. The third-order valence-electron chi connectivity index (χ3n) is 2.57. The van der Waals surface area contributed by atoms with E-state index < -0.39 is 15.3 Å². The number of hydrogen-bond acceptors (Lipinski definition) is 4. The van der Waals surface area contributed by atoms with Crippen LogP contribution in [0.25, 0.3) is 0 Å². The van der Waals surface area contributed by atoms with Crippen molar-refractivity contribution in [2.75, 3.05) is 6.54 Å². The van der Waals surface area contributed by atoms with Crippen molar-refractivity contribution in [1.82, 2.24) is 4.90 Å². The van der Waals surface area contributed by atoms with Crippen LogP contribution in [0.3, 0.4) is 0 Å². The van der Waals surface area contributed by atoms with Crippen LogP contribution in [0.2, 0.25) is 0 Å². The third-order valence-corrected chi connectivity index (χ3v) is 3.82. The summed E-state index contributed by atoms with van der Waals surface area (Å²) in [5.74, 6) is 0.416. The number of nitrogens with two attached hydrogens (primary N) is 1. The maximum atomic E-state index is 11.5. The Morgan fingerprint density at radius 1 is 1.56 bits per heavy atom. The largest absolute Gasteiger partial charge is 0.467 e. The van der Waals surface area contributed by atoms with E-state index in [1.165, 1.54) is 11.2 Å². The highest BCUT2D eigenvalue weighted by Gasteiger charge is 2.36. The summed E-state index contributed by atoms with van der Waals surface area (Å²) in [6.07, 6.45) is 1.46. The monoisotopic (exact) mass is 244 g/mol. The SMILES string of the molecule is NS(=O)(=O)C1CC(=O)N(Cc2ccco2)C1. The van der Waals surface area contributed by atoms with Gasteiger partial charge in [-0.05, 0) is 12.1 Å². The summed E-state index contributed by atoms with van der Waals surface area (Å²) in [4.78, 5) is 13.0. The molecule has 2 N–H and O–H groups in total. The van der Waals surface area contributed by atoms with E-state index in [1.54, 1.807) is 12.1 Å². The Balaban J connectivity index is 2.06. The summed E-state index contributed by atoms with van der Waals surface area (Å²) in [7, 11) is -3.64. The summed E-state index contributed by atoms with van der Waals surface area (Å²) in [5.41, 5.74) is 0. The zero-order valence-corrected chi connectivity index (χ0v) is 9.31. The molecule has 1 aliphatic rings. The van der Waals surface area contributed by atoms with Crippen LogP contribution in [0, 0.1) is 0 Å². The number of carbonyl (C=O) groups excluding carboxylic acids is 1. The second kappa shape index (κ2) is 3.91. The number of sulfonamides is 1. The van der Waals surface area contributed by atoms with Gasteiger partial charge in [0.15, 0.2) is 0 Å². The lowest BCUT2D eigenvalue weighted by atomic mass is 10.4. The molecule has 1 amide bonds. The molecule has 16 heavy (non-hydrogen) atoms. The zero-order chi connectivity index (χ0) is 11.8. The van der Waals surface area contributed by atoms with Crippen LogP contribution in [0.1, 0.15) is 12.2 Å². The number of likely N-dealkylation sites (tertiary alicyclic amines) is 1. The first kappa shape index (κ1) is 11.2. The standard InChI is InChI=1S/C9H12N2O4S/c10-16(13,14)8-4-9(12)11(6-8)5-7-2-1-3-15-7/h1-3,8H,4-6H2,(H2,10,13,14). The Labute approximate surface area is 93.1 Å². The van der Waals surface area contributed by atoms with Crippen molar-refractivity contribution in [3.05, 3.63) is 24.2 Å². The van der Waals surface area contributed by atoms with Crippen LogP contribution in [0.4, 0.5) is 0 Å². The number of hydrogen-bond donors (Lipinski definition) is 1. The molecule has 2 rings (SSSR count). The lowest BCUT2D eigenvalue weighted by Gasteiger charge is -2.14. The van der Waals surface area contributed by atoms with Crippen molar-refractivity contribution in [2.45, 2.75) is 18.2 Å². The molecule has 0 saturated carbocycles. The first-order chi connectivity index (χ1) is 7.47. The molecule has 0 aromatic carbocycles. The molecule has 0 aliphatic carbocycles. The fraction of sp³-hybridized carbons (Fsp3) is 0.444. The second-order valence-electron chi connectivity index (χ2n) is 3.77. The van der Waals surface area contributed by atoms with Crippen molar-refractivity contribution in [3.8, 4) is 0 Å². The van der Waals surface area contributed by atoms with Crippen molar-refractivity contribution >= 4 is 15.9 Å². The third kappa shape index (κ3) is 2.25. The topological polar surface area (TPSA) is 93.6 Å². The highest BCUT2D eigenvalue weighted by atomic mass is 32.2. The van der Waals surface area contributed by atoms with E-state index in [0.717, 1.165) is 0 Å². The van der Waals surface area contributed by atoms with E-state index in [1.807, 2.05) is 0 Å². The van der Waals surface area contributed by atoms with E-state index in [2.05, 4.69) is 0 Å². The fourth-order valence-electron chi connectivity index (χ4n) is 1.70. The minimum absolute atomic E-state index is 0.0421. The van der Waals surface area contributed by atoms with E-state index in [0.29, 0.717) is 5.76 Å². The molecule has 1 saturated heterocycles. The molecule has 1 aromatic rings. The fourth-order valence-corrected chi connectivity index (χ4v) is 2.46. The maximum absolute atomic E-state index is 11.5. The molecule has 1 unspecified atom stereocenters. The van der Waals surface area contributed by atoms with Gasteiger partial charge >= 0.3 is 0 Å². The molecule has 88 valence electrons. The highest BCUT2D eigenvalue weighted by Crippen LogP contribution is 2.19. The predicted molar refractivity (Wildman–Crippen MR) is 55.6 cm³/mol. The van der Waals surface area contributed by atoms with Gasteiger partial charge in [0.2, 0.25) is 15.9 Å². The van der Waals surface area contributed by atoms with Gasteiger partial charge in [-0.3, -0.25) is 4.79 Å². The molecule has 1 aliphatic heterocycles. The number of furan rings is 1. The van der Waals surface area contributed by atoms with Gasteiger partial charge < -0.3 is 9.32 Å². The molecule has 0 bridgehead atoms. The van der Waals surface area contributed by atoms with Gasteiger partial charge in [0.25, 0.3) is 0 Å². The highest BCUT2D eigenvalue weighted by molar-refractivity contribution is 7.89. The summed E-state index contributed by atoms with van der Waals surface area (Å²) >= 11 is 0. The molecular formula is C9H12N2O4S. The first-order valence-corrected chi connectivity index (χ1v) is 6.39. The van der Waals surface area contributed by atoms with E-state index in [4.69, 9.17) is 9.56 Å². The van der Waals surface area contributed by atoms with Gasteiger partial charge in [0.1, 0.15) is 11.0 Å². The van der Waals surface area contributed by atoms with E-state index in [9.17, 15) is 13.2 Å². The minimum Gasteiger partial charge on any atom is -0.467 e. The molecule has 1 fully saturated rings. The molecule has 6 nitrogen and oxygen atoms in total. The summed E-state index contributed by atoms with van der Waals surface area (Å²) < 4.78 is 27.3. The maximum Gasteiger partial charge on any atom is 0.224 e. The van der Waals surface area contributed by atoms with E-state index in [-0.39, 0.29) is 25.4 Å². The van der Waals surface area contributed by atoms with Gasteiger partial charge in [-0.2, -0.15) is 0 Å². The van der Waals surface area contributed by atoms with Crippen molar-refractivity contribution in [3.63, 3.8) is 0 Å². The molecular weight excluding hydrogens is 232 g/mol. The van der Waals surface area contributed by atoms with Crippen LogP contribution in [0.5, 0.6) is 0 Å². The Morgan fingerprint density at radius 3 is 2.81 bits per heavy atom. The lowest BCUT2D eigenvalue weighted by molar-refractivity contribution is -0.128. The average molecular weight is 244 g/mol. The molecule has 0 radical (unpaired) electrons. The van der Waals surface area contributed by atoms with Gasteiger partial charge in [-0.1, -0.05) is 0 Å². The minimum atomic E-state index is -3.64. The van der Waals surface area contributed by atoms with Crippen LogP contribution in [0.15, 0.2) is 22.8 Å². The quantitative estimate of drug-likeness (QED) is 0.787. The Morgan fingerprint density at radius 2 is 2.31 bits per heavy atom. The molecule has 2 heterocycles. The lowest BCUT2D eigenvalue weighted by Crippen LogP contribution is -2.31. The number of rotatable bonds is 3. The Bertz CT molecular complexity index is 480. The van der Waals surface area contributed by atoms with Crippen LogP contribution in [-0.2, 0) is 21.4 Å². The first-order valence-electron chi connectivity index (χ1n) is 4.78. The van der Waals surface area contributed by atoms with Crippen molar-refractivity contribution < 1.29 is 17.6 Å². The van der Waals surface area contributed by atoms with Crippen molar-refractivity contribution in [1.29, 1.82) is 0 Å². The zero-order valence-electron chi connectivity index (χ0n) is 8.50.